The molecular formula is C29H33BrN4O4S. The molecule has 2 heterocycles. The van der Waals surface area contributed by atoms with E-state index in [1.807, 2.05) is 38.1 Å². The van der Waals surface area contributed by atoms with Gasteiger partial charge in [-0.2, -0.15) is 4.98 Å². The zero-order chi connectivity index (χ0) is 27.9. The van der Waals surface area contributed by atoms with Crippen LogP contribution < -0.4 is 14.8 Å². The minimum atomic E-state index is -0.594. The second kappa shape index (κ2) is 13.2. The number of benzene rings is 2. The summed E-state index contributed by atoms with van der Waals surface area (Å²) in [6.07, 6.45) is 2.54. The number of hydrogen-bond acceptors (Lipinski definition) is 8. The number of nitrogens with one attached hydrogen (secondary N) is 1. The first kappa shape index (κ1) is 28.8. The van der Waals surface area contributed by atoms with Gasteiger partial charge in [-0.05, 0) is 66.4 Å². The molecule has 1 aromatic heterocycles. The number of hydrogen-bond donors (Lipinski definition) is 1. The third-order valence-corrected chi connectivity index (χ3v) is 7.57. The highest BCUT2D eigenvalue weighted by Crippen LogP contribution is 2.43. The van der Waals surface area contributed by atoms with Gasteiger partial charge in [0.2, 0.25) is 11.1 Å². The quantitative estimate of drug-likeness (QED) is 0.135. The van der Waals surface area contributed by atoms with E-state index in [4.69, 9.17) is 19.3 Å². The smallest absolute Gasteiger partial charge is 0.338 e. The summed E-state index contributed by atoms with van der Waals surface area (Å²) >= 11 is 5.27. The molecule has 206 valence electrons. The number of nitrogens with zero attached hydrogens (tertiary/aromatic N) is 3. The molecule has 1 aliphatic rings. The molecule has 2 aromatic carbocycles. The molecule has 8 nitrogen and oxygen atoms in total. The predicted octanol–water partition coefficient (Wildman–Crippen LogP) is 6.85. The van der Waals surface area contributed by atoms with Crippen molar-refractivity contribution in [3.8, 4) is 11.5 Å². The fraction of sp³-hybridized carbons (Fsp3) is 0.345. The number of allylic oxidation sites excluding steroid dienone is 1. The zero-order valence-electron chi connectivity index (χ0n) is 22.6. The summed E-state index contributed by atoms with van der Waals surface area (Å²) in [6.45, 7) is 12.5. The van der Waals surface area contributed by atoms with Crippen molar-refractivity contribution < 1.29 is 19.0 Å². The van der Waals surface area contributed by atoms with Crippen LogP contribution in [-0.2, 0) is 16.1 Å². The lowest BCUT2D eigenvalue weighted by molar-refractivity contribution is -0.138. The highest BCUT2D eigenvalue weighted by molar-refractivity contribution is 9.10. The van der Waals surface area contributed by atoms with Crippen LogP contribution in [0.15, 0.2) is 70.0 Å². The molecule has 1 atom stereocenters. The minimum absolute atomic E-state index is 0.101. The summed E-state index contributed by atoms with van der Waals surface area (Å²) in [6, 6.07) is 11.4. The van der Waals surface area contributed by atoms with E-state index in [9.17, 15) is 4.79 Å². The molecule has 0 saturated heterocycles. The van der Waals surface area contributed by atoms with Crippen LogP contribution in [-0.4, -0.2) is 39.7 Å². The first-order valence-electron chi connectivity index (χ1n) is 12.9. The van der Waals surface area contributed by atoms with Crippen molar-refractivity contribution in [2.24, 2.45) is 0 Å². The summed E-state index contributed by atoms with van der Waals surface area (Å²) < 4.78 is 20.2. The van der Waals surface area contributed by atoms with E-state index in [0.29, 0.717) is 51.6 Å². The summed E-state index contributed by atoms with van der Waals surface area (Å²) in [5.74, 6) is 2.15. The van der Waals surface area contributed by atoms with Gasteiger partial charge in [0.1, 0.15) is 19.3 Å². The van der Waals surface area contributed by atoms with Crippen LogP contribution in [0, 0.1) is 6.92 Å². The van der Waals surface area contributed by atoms with E-state index in [-0.39, 0.29) is 6.61 Å². The van der Waals surface area contributed by atoms with Crippen LogP contribution in [0.1, 0.15) is 49.9 Å². The van der Waals surface area contributed by atoms with E-state index in [1.54, 1.807) is 22.5 Å². The molecule has 10 heteroatoms. The highest BCUT2D eigenvalue weighted by Gasteiger charge is 2.36. The lowest BCUT2D eigenvalue weighted by Gasteiger charge is -2.29. The maximum Gasteiger partial charge on any atom is 0.338 e. The van der Waals surface area contributed by atoms with Gasteiger partial charge in [0.05, 0.1) is 16.7 Å². The van der Waals surface area contributed by atoms with Gasteiger partial charge in [0.15, 0.2) is 11.5 Å². The van der Waals surface area contributed by atoms with Gasteiger partial charge < -0.3 is 19.5 Å². The number of ether oxygens (including phenoxy) is 3. The SMILES string of the molecule is C=CCOC(=O)C1=C(C)Nc2nc(SCCC)nn2C1c1cc(Br)c(OCc2cccc(C)c2)c(OCC)c1. The maximum absolute atomic E-state index is 13.3. The Morgan fingerprint density at radius 1 is 1.23 bits per heavy atom. The number of carbonyl (C=O) groups is 1. The third-order valence-electron chi connectivity index (χ3n) is 5.93. The first-order valence-corrected chi connectivity index (χ1v) is 14.6. The van der Waals surface area contributed by atoms with E-state index in [0.717, 1.165) is 23.3 Å². The number of esters is 1. The number of thioether (sulfide) groups is 1. The average molecular weight is 614 g/mol. The standard InChI is InChI=1S/C29H33BrN4O4S/c1-6-12-37-27(35)24-19(5)31-28-32-29(39-13-7-2)33-34(28)25(24)21-15-22(30)26(23(16-21)36-8-3)38-17-20-11-9-10-18(4)14-20/h6,9-11,14-16,25H,1,7-8,12-13,17H2,2-5H3,(H,31,32,33). The normalized spacial score (nSPS) is 14.4. The van der Waals surface area contributed by atoms with Crippen molar-refractivity contribution >= 4 is 39.6 Å². The topological polar surface area (TPSA) is 87.5 Å². The van der Waals surface area contributed by atoms with Crippen molar-refractivity contribution in [1.82, 2.24) is 14.8 Å². The Morgan fingerprint density at radius 2 is 2.05 bits per heavy atom. The number of rotatable bonds is 12. The van der Waals surface area contributed by atoms with E-state index in [2.05, 4.69) is 58.8 Å². The molecular weight excluding hydrogens is 580 g/mol. The van der Waals surface area contributed by atoms with Crippen LogP contribution in [0.2, 0.25) is 0 Å². The van der Waals surface area contributed by atoms with Crippen molar-refractivity contribution in [3.63, 3.8) is 0 Å². The maximum atomic E-state index is 13.3. The lowest BCUT2D eigenvalue weighted by atomic mass is 9.95. The van der Waals surface area contributed by atoms with E-state index in [1.165, 1.54) is 5.56 Å². The number of fused-ring (bicyclic) bond motifs is 1. The number of halogens is 1. The largest absolute Gasteiger partial charge is 0.490 e. The zero-order valence-corrected chi connectivity index (χ0v) is 25.0. The third kappa shape index (κ3) is 6.67. The van der Waals surface area contributed by atoms with Crippen LogP contribution in [0.4, 0.5) is 5.95 Å². The van der Waals surface area contributed by atoms with Gasteiger partial charge in [0, 0.05) is 11.4 Å². The summed E-state index contributed by atoms with van der Waals surface area (Å²) in [4.78, 5) is 18.0. The Bertz CT molecular complexity index is 1390. The van der Waals surface area contributed by atoms with Gasteiger partial charge in [0.25, 0.3) is 0 Å². The molecule has 0 spiro atoms. The predicted molar refractivity (Wildman–Crippen MR) is 157 cm³/mol. The molecule has 0 saturated carbocycles. The second-order valence-corrected chi connectivity index (χ2v) is 10.9. The fourth-order valence-corrected chi connectivity index (χ4v) is 5.53. The van der Waals surface area contributed by atoms with Crippen molar-refractivity contribution in [2.45, 2.75) is 51.9 Å². The van der Waals surface area contributed by atoms with Gasteiger partial charge in [-0.25, -0.2) is 9.48 Å². The Labute approximate surface area is 242 Å². The van der Waals surface area contributed by atoms with E-state index >= 15 is 0 Å². The van der Waals surface area contributed by atoms with Gasteiger partial charge in [-0.15, -0.1) is 5.10 Å². The number of carbonyl (C=O) groups excluding carboxylic acids is 1. The van der Waals surface area contributed by atoms with Gasteiger partial charge >= 0.3 is 5.97 Å². The fourth-order valence-electron chi connectivity index (χ4n) is 4.28. The molecule has 4 rings (SSSR count). The Morgan fingerprint density at radius 3 is 2.77 bits per heavy atom. The molecule has 1 aliphatic heterocycles. The monoisotopic (exact) mass is 612 g/mol. The summed E-state index contributed by atoms with van der Waals surface area (Å²) in [5, 5.41) is 8.63. The molecule has 0 aliphatic carbocycles. The molecule has 0 radical (unpaired) electrons. The van der Waals surface area contributed by atoms with Crippen LogP contribution in [0.25, 0.3) is 0 Å². The molecule has 0 bridgehead atoms. The Balaban J connectivity index is 1.77. The van der Waals surface area contributed by atoms with Crippen LogP contribution >= 0.6 is 27.7 Å². The molecule has 3 aromatic rings. The Hall–Kier alpha value is -3.24. The molecule has 0 amide bonds. The molecule has 1 unspecified atom stereocenters. The summed E-state index contributed by atoms with van der Waals surface area (Å²) in [5.41, 5.74) is 4.08. The van der Waals surface area contributed by atoms with Crippen LogP contribution in [0.5, 0.6) is 11.5 Å². The molecule has 0 fully saturated rings. The second-order valence-electron chi connectivity index (χ2n) is 9.01. The number of aromatic nitrogens is 3. The van der Waals surface area contributed by atoms with Gasteiger partial charge in [-0.1, -0.05) is 61.2 Å². The molecule has 1 N–H and O–H groups in total. The van der Waals surface area contributed by atoms with Crippen molar-refractivity contribution in [2.75, 3.05) is 24.3 Å². The van der Waals surface area contributed by atoms with Crippen molar-refractivity contribution in [3.05, 3.63) is 81.5 Å². The van der Waals surface area contributed by atoms with Crippen molar-refractivity contribution in [1.29, 1.82) is 0 Å². The molecule has 39 heavy (non-hydrogen) atoms. The lowest BCUT2D eigenvalue weighted by Crippen LogP contribution is -2.29. The van der Waals surface area contributed by atoms with Crippen LogP contribution in [0.3, 0.4) is 0 Å². The first-order chi connectivity index (χ1) is 18.9. The number of aryl methyl sites for hydroxylation is 1. The Kier molecular flexibility index (Phi) is 9.74. The van der Waals surface area contributed by atoms with E-state index < -0.39 is 12.0 Å². The number of anilines is 1. The summed E-state index contributed by atoms with van der Waals surface area (Å²) in [7, 11) is 0. The highest BCUT2D eigenvalue weighted by atomic mass is 79.9. The van der Waals surface area contributed by atoms with Gasteiger partial charge in [-0.3, -0.25) is 0 Å². The average Bonchev–Trinajstić information content (AvgIpc) is 3.31. The minimum Gasteiger partial charge on any atom is -0.490 e.